The molecule has 1 aromatic carbocycles. The molecule has 1 N–H and O–H groups in total. The summed E-state index contributed by atoms with van der Waals surface area (Å²) in [5.74, 6) is -1.80. The lowest BCUT2D eigenvalue weighted by atomic mass is 10.1. The summed E-state index contributed by atoms with van der Waals surface area (Å²) < 4.78 is 0.00297. The maximum absolute atomic E-state index is 12.3. The van der Waals surface area contributed by atoms with E-state index in [1.165, 1.54) is 23.1 Å². The Morgan fingerprint density at radius 3 is 2.50 bits per heavy atom. The number of fused-ring (bicyclic) bond motifs is 1. The Balaban J connectivity index is 1.93. The van der Waals surface area contributed by atoms with E-state index in [-0.39, 0.29) is 27.7 Å². The molecule has 1 saturated carbocycles. The zero-order valence-corrected chi connectivity index (χ0v) is 11.7. The fraction of sp³-hybridized carbons (Fsp3) is 0.357. The quantitative estimate of drug-likeness (QED) is 0.857. The molecule has 1 fully saturated rings. The summed E-state index contributed by atoms with van der Waals surface area (Å²) in [5.41, 5.74) is 0.529. The van der Waals surface area contributed by atoms with E-state index in [9.17, 15) is 14.4 Å². The normalized spacial score (nSPS) is 19.1. The molecule has 2 amide bonds. The Labute approximate surface area is 120 Å². The van der Waals surface area contributed by atoms with Gasteiger partial charge in [0, 0.05) is 11.3 Å². The maximum Gasteiger partial charge on any atom is 0.335 e. The van der Waals surface area contributed by atoms with Gasteiger partial charge in [0.15, 0.2) is 0 Å². The van der Waals surface area contributed by atoms with E-state index in [1.54, 1.807) is 11.8 Å². The number of hydrogen-bond donors (Lipinski definition) is 1. The molecule has 0 atom stereocenters. The van der Waals surface area contributed by atoms with Gasteiger partial charge in [-0.3, -0.25) is 14.5 Å². The molecule has 0 spiro atoms. The molecule has 0 radical (unpaired) electrons. The second-order valence-corrected chi connectivity index (χ2v) is 6.42. The van der Waals surface area contributed by atoms with E-state index in [2.05, 4.69) is 0 Å². The van der Waals surface area contributed by atoms with Gasteiger partial charge >= 0.3 is 5.97 Å². The van der Waals surface area contributed by atoms with Crippen LogP contribution < -0.4 is 0 Å². The maximum atomic E-state index is 12.3. The number of imide groups is 1. The summed E-state index contributed by atoms with van der Waals surface area (Å²) in [6.45, 7) is 0.406. The molecule has 2 aliphatic rings. The predicted octanol–water partition coefficient (Wildman–Crippen LogP) is 1.88. The summed E-state index contributed by atoms with van der Waals surface area (Å²) in [6, 6.07) is 4.07. The Hall–Kier alpha value is -1.82. The van der Waals surface area contributed by atoms with Crippen molar-refractivity contribution in [2.75, 3.05) is 12.8 Å². The minimum absolute atomic E-state index is 0.00297. The van der Waals surface area contributed by atoms with Crippen molar-refractivity contribution in [3.63, 3.8) is 0 Å². The Morgan fingerprint density at radius 1 is 1.30 bits per heavy atom. The highest BCUT2D eigenvalue weighted by molar-refractivity contribution is 8.00. The minimum atomic E-state index is -1.10. The highest BCUT2D eigenvalue weighted by Crippen LogP contribution is 2.48. The molecular formula is C14H13NO4S. The molecule has 0 aromatic heterocycles. The van der Waals surface area contributed by atoms with Gasteiger partial charge in [0.1, 0.15) is 0 Å². The van der Waals surface area contributed by atoms with Crippen LogP contribution in [-0.2, 0) is 0 Å². The first kappa shape index (κ1) is 13.2. The monoisotopic (exact) mass is 291 g/mol. The van der Waals surface area contributed by atoms with Gasteiger partial charge < -0.3 is 5.11 Å². The van der Waals surface area contributed by atoms with Crippen LogP contribution >= 0.6 is 11.8 Å². The molecular weight excluding hydrogens is 278 g/mol. The summed E-state index contributed by atoms with van der Waals surface area (Å²) in [5, 5.41) is 8.96. The van der Waals surface area contributed by atoms with E-state index in [0.29, 0.717) is 12.1 Å². The third kappa shape index (κ3) is 1.91. The number of carbonyl (C=O) groups is 3. The first-order chi connectivity index (χ1) is 9.47. The van der Waals surface area contributed by atoms with Crippen molar-refractivity contribution in [2.45, 2.75) is 17.6 Å². The fourth-order valence-corrected chi connectivity index (χ4v) is 3.19. The van der Waals surface area contributed by atoms with Crippen molar-refractivity contribution < 1.29 is 19.5 Å². The van der Waals surface area contributed by atoms with Gasteiger partial charge in [-0.05, 0) is 37.3 Å². The van der Waals surface area contributed by atoms with Crippen molar-refractivity contribution in [3.8, 4) is 0 Å². The third-order valence-corrected chi connectivity index (χ3v) is 5.31. The van der Waals surface area contributed by atoms with Crippen LogP contribution in [0.4, 0.5) is 0 Å². The second kappa shape index (κ2) is 4.34. The van der Waals surface area contributed by atoms with Crippen molar-refractivity contribution in [1.82, 2.24) is 4.90 Å². The highest BCUT2D eigenvalue weighted by Gasteiger charge is 2.48. The highest BCUT2D eigenvalue weighted by atomic mass is 32.2. The van der Waals surface area contributed by atoms with Gasteiger partial charge in [-0.1, -0.05) is 0 Å². The van der Waals surface area contributed by atoms with Crippen LogP contribution in [0.15, 0.2) is 18.2 Å². The zero-order valence-electron chi connectivity index (χ0n) is 10.9. The summed E-state index contributed by atoms with van der Waals surface area (Å²) in [7, 11) is 0. The molecule has 0 bridgehead atoms. The molecule has 20 heavy (non-hydrogen) atoms. The minimum Gasteiger partial charge on any atom is -0.478 e. The van der Waals surface area contributed by atoms with Crippen molar-refractivity contribution >= 4 is 29.5 Å². The van der Waals surface area contributed by atoms with Crippen LogP contribution in [0, 0.1) is 0 Å². The Bertz CT molecular complexity index is 636. The number of amides is 2. The molecule has 1 aromatic rings. The number of nitrogens with zero attached hydrogens (tertiary/aromatic N) is 1. The molecule has 1 heterocycles. The number of thioether (sulfide) groups is 1. The molecule has 3 rings (SSSR count). The van der Waals surface area contributed by atoms with E-state index < -0.39 is 5.97 Å². The lowest BCUT2D eigenvalue weighted by molar-refractivity contribution is 0.0650. The molecule has 0 saturated heterocycles. The Kier molecular flexibility index (Phi) is 2.86. The van der Waals surface area contributed by atoms with Gasteiger partial charge in [-0.25, -0.2) is 4.79 Å². The lowest BCUT2D eigenvalue weighted by Crippen LogP contribution is -2.36. The smallest absolute Gasteiger partial charge is 0.335 e. The van der Waals surface area contributed by atoms with Crippen LogP contribution in [0.2, 0.25) is 0 Å². The fourth-order valence-electron chi connectivity index (χ4n) is 2.42. The first-order valence-corrected chi connectivity index (χ1v) is 7.49. The summed E-state index contributed by atoms with van der Waals surface area (Å²) in [6.07, 6.45) is 3.98. The van der Waals surface area contributed by atoms with E-state index in [0.717, 1.165) is 12.8 Å². The van der Waals surface area contributed by atoms with Crippen molar-refractivity contribution in [1.29, 1.82) is 0 Å². The SMILES string of the molecule is CSC1(CN2C(=O)c3ccc(C(=O)O)cc3C2=O)CC1. The van der Waals surface area contributed by atoms with Crippen LogP contribution in [-0.4, -0.2) is 45.3 Å². The largest absolute Gasteiger partial charge is 0.478 e. The molecule has 1 aliphatic heterocycles. The topological polar surface area (TPSA) is 74.7 Å². The van der Waals surface area contributed by atoms with Gasteiger partial charge in [-0.2, -0.15) is 11.8 Å². The standard InChI is InChI=1S/C14H13NO4S/c1-20-14(4-5-14)7-15-11(16)9-3-2-8(13(18)19)6-10(9)12(15)17/h2-3,6H,4-5,7H2,1H3,(H,18,19). The van der Waals surface area contributed by atoms with Crippen molar-refractivity contribution in [2.24, 2.45) is 0 Å². The number of benzene rings is 1. The average molecular weight is 291 g/mol. The molecule has 0 unspecified atom stereocenters. The van der Waals surface area contributed by atoms with Gasteiger partial charge in [0.05, 0.1) is 16.7 Å². The van der Waals surface area contributed by atoms with Crippen LogP contribution in [0.25, 0.3) is 0 Å². The molecule has 5 nitrogen and oxygen atoms in total. The number of carbonyl (C=O) groups excluding carboxylic acids is 2. The molecule has 104 valence electrons. The molecule has 1 aliphatic carbocycles. The number of carboxylic acid groups (broad SMARTS) is 1. The second-order valence-electron chi connectivity index (χ2n) is 5.15. The van der Waals surface area contributed by atoms with Crippen molar-refractivity contribution in [3.05, 3.63) is 34.9 Å². The number of hydrogen-bond acceptors (Lipinski definition) is 4. The predicted molar refractivity (Wildman–Crippen MR) is 74.2 cm³/mol. The van der Waals surface area contributed by atoms with Gasteiger partial charge in [0.2, 0.25) is 0 Å². The summed E-state index contributed by atoms with van der Waals surface area (Å²) >= 11 is 1.68. The van der Waals surface area contributed by atoms with E-state index in [4.69, 9.17) is 5.11 Å². The third-order valence-electron chi connectivity index (χ3n) is 3.90. The Morgan fingerprint density at radius 2 is 1.95 bits per heavy atom. The number of rotatable bonds is 4. The lowest BCUT2D eigenvalue weighted by Gasteiger charge is -2.20. The zero-order chi connectivity index (χ0) is 14.5. The van der Waals surface area contributed by atoms with E-state index in [1.807, 2.05) is 6.26 Å². The van der Waals surface area contributed by atoms with Crippen LogP contribution in [0.1, 0.15) is 43.9 Å². The number of carboxylic acids is 1. The summed E-state index contributed by atoms with van der Waals surface area (Å²) in [4.78, 5) is 36.8. The van der Waals surface area contributed by atoms with E-state index >= 15 is 0 Å². The van der Waals surface area contributed by atoms with Crippen LogP contribution in [0.3, 0.4) is 0 Å². The molecule has 6 heteroatoms. The first-order valence-electron chi connectivity index (χ1n) is 6.26. The average Bonchev–Trinajstić information content (AvgIpc) is 3.18. The van der Waals surface area contributed by atoms with Crippen LogP contribution in [0.5, 0.6) is 0 Å². The number of aromatic carboxylic acids is 1. The van der Waals surface area contributed by atoms with Gasteiger partial charge in [-0.15, -0.1) is 0 Å². The van der Waals surface area contributed by atoms with Gasteiger partial charge in [0.25, 0.3) is 11.8 Å².